The molecule has 0 aromatic heterocycles. The molecular formula is C12H13F2NOS. The first kappa shape index (κ1) is 12.5. The summed E-state index contributed by atoms with van der Waals surface area (Å²) in [6.45, 7) is 1.69. The zero-order valence-electron chi connectivity index (χ0n) is 9.29. The van der Waals surface area contributed by atoms with E-state index in [1.807, 2.05) is 16.7 Å². The van der Waals surface area contributed by atoms with Gasteiger partial charge in [0.15, 0.2) is 5.78 Å². The summed E-state index contributed by atoms with van der Waals surface area (Å²) in [4.78, 5) is 13.8. The maximum Gasteiger partial charge on any atom is 0.182 e. The zero-order valence-corrected chi connectivity index (χ0v) is 10.1. The van der Waals surface area contributed by atoms with Gasteiger partial charge in [0.1, 0.15) is 11.6 Å². The lowest BCUT2D eigenvalue weighted by atomic mass is 10.1. The van der Waals surface area contributed by atoms with Gasteiger partial charge in [-0.1, -0.05) is 6.07 Å². The van der Waals surface area contributed by atoms with Crippen LogP contribution in [0.3, 0.4) is 0 Å². The van der Waals surface area contributed by atoms with E-state index in [4.69, 9.17) is 0 Å². The number of halogens is 2. The molecule has 17 heavy (non-hydrogen) atoms. The highest BCUT2D eigenvalue weighted by Gasteiger charge is 2.20. The van der Waals surface area contributed by atoms with Crippen LogP contribution in [0, 0.1) is 11.6 Å². The molecule has 2 nitrogen and oxygen atoms in total. The molecule has 1 saturated heterocycles. The van der Waals surface area contributed by atoms with Crippen molar-refractivity contribution in [1.82, 2.24) is 4.90 Å². The Labute approximate surface area is 103 Å². The van der Waals surface area contributed by atoms with Gasteiger partial charge in [-0.3, -0.25) is 9.69 Å². The van der Waals surface area contributed by atoms with E-state index < -0.39 is 23.0 Å². The van der Waals surface area contributed by atoms with Crippen molar-refractivity contribution >= 4 is 17.5 Å². The molecule has 92 valence electrons. The summed E-state index contributed by atoms with van der Waals surface area (Å²) in [6, 6.07) is 3.49. The molecule has 0 saturated carbocycles. The van der Waals surface area contributed by atoms with E-state index in [2.05, 4.69) is 0 Å². The summed E-state index contributed by atoms with van der Waals surface area (Å²) in [5.74, 6) is -0.102. The highest BCUT2D eigenvalue weighted by Crippen LogP contribution is 2.15. The molecule has 0 amide bonds. The van der Waals surface area contributed by atoms with Crippen LogP contribution in [0.2, 0.25) is 0 Å². The quantitative estimate of drug-likeness (QED) is 0.774. The lowest BCUT2D eigenvalue weighted by Crippen LogP contribution is -2.37. The van der Waals surface area contributed by atoms with Crippen LogP contribution in [0.25, 0.3) is 0 Å². The Morgan fingerprint density at radius 3 is 2.41 bits per heavy atom. The van der Waals surface area contributed by atoms with Crippen molar-refractivity contribution in [2.24, 2.45) is 0 Å². The van der Waals surface area contributed by atoms with Gasteiger partial charge in [0.25, 0.3) is 0 Å². The van der Waals surface area contributed by atoms with Gasteiger partial charge in [-0.05, 0) is 12.1 Å². The minimum Gasteiger partial charge on any atom is -0.294 e. The van der Waals surface area contributed by atoms with E-state index in [9.17, 15) is 13.6 Å². The van der Waals surface area contributed by atoms with Crippen LogP contribution >= 0.6 is 11.8 Å². The predicted molar refractivity (Wildman–Crippen MR) is 64.5 cm³/mol. The molecule has 0 atom stereocenters. The van der Waals surface area contributed by atoms with Gasteiger partial charge in [0, 0.05) is 24.6 Å². The first-order valence-electron chi connectivity index (χ1n) is 5.46. The second kappa shape index (κ2) is 5.60. The van der Waals surface area contributed by atoms with Crippen LogP contribution < -0.4 is 0 Å². The summed E-state index contributed by atoms with van der Waals surface area (Å²) in [5, 5.41) is 0. The fraction of sp³-hybridized carbons (Fsp3) is 0.417. The maximum atomic E-state index is 13.4. The highest BCUT2D eigenvalue weighted by molar-refractivity contribution is 7.99. The third-order valence-electron chi connectivity index (χ3n) is 2.71. The van der Waals surface area contributed by atoms with Crippen LogP contribution in [-0.4, -0.2) is 41.8 Å². The summed E-state index contributed by atoms with van der Waals surface area (Å²) in [6.07, 6.45) is 0. The molecule has 0 unspecified atom stereocenters. The van der Waals surface area contributed by atoms with Gasteiger partial charge >= 0.3 is 0 Å². The summed E-state index contributed by atoms with van der Waals surface area (Å²) < 4.78 is 26.7. The summed E-state index contributed by atoms with van der Waals surface area (Å²) in [5.41, 5.74) is -0.411. The zero-order chi connectivity index (χ0) is 12.3. The normalized spacial score (nSPS) is 17.1. The Kier molecular flexibility index (Phi) is 4.12. The molecule has 0 aliphatic carbocycles. The number of hydrogen-bond acceptors (Lipinski definition) is 3. The van der Waals surface area contributed by atoms with Gasteiger partial charge in [0.2, 0.25) is 0 Å². The van der Waals surface area contributed by atoms with Crippen molar-refractivity contribution in [2.45, 2.75) is 0 Å². The Morgan fingerprint density at radius 1 is 1.24 bits per heavy atom. The number of hydrogen-bond donors (Lipinski definition) is 0. The maximum absolute atomic E-state index is 13.4. The summed E-state index contributed by atoms with van der Waals surface area (Å²) >= 11 is 1.83. The monoisotopic (exact) mass is 257 g/mol. The number of rotatable bonds is 3. The summed E-state index contributed by atoms with van der Waals surface area (Å²) in [7, 11) is 0. The predicted octanol–water partition coefficient (Wildman–Crippen LogP) is 2.20. The molecule has 2 rings (SSSR count). The van der Waals surface area contributed by atoms with Gasteiger partial charge in [-0.25, -0.2) is 8.78 Å². The van der Waals surface area contributed by atoms with Crippen molar-refractivity contribution in [3.8, 4) is 0 Å². The minimum absolute atomic E-state index is 0.0956. The smallest absolute Gasteiger partial charge is 0.182 e. The fourth-order valence-corrected chi connectivity index (χ4v) is 2.78. The molecule has 0 N–H and O–H groups in total. The van der Waals surface area contributed by atoms with Crippen LogP contribution in [0.4, 0.5) is 8.78 Å². The van der Waals surface area contributed by atoms with E-state index in [-0.39, 0.29) is 6.54 Å². The SMILES string of the molecule is O=C(CN1CCSCC1)c1c(F)cccc1F. The average Bonchev–Trinajstić information content (AvgIpc) is 2.30. The fourth-order valence-electron chi connectivity index (χ4n) is 1.81. The second-order valence-electron chi connectivity index (χ2n) is 3.91. The van der Waals surface area contributed by atoms with Crippen LogP contribution in [-0.2, 0) is 0 Å². The topological polar surface area (TPSA) is 20.3 Å². The molecule has 0 bridgehead atoms. The highest BCUT2D eigenvalue weighted by atomic mass is 32.2. The molecule has 1 aromatic rings. The first-order valence-corrected chi connectivity index (χ1v) is 6.61. The number of carbonyl (C=O) groups excluding carboxylic acids is 1. The van der Waals surface area contributed by atoms with Crippen molar-refractivity contribution in [1.29, 1.82) is 0 Å². The Balaban J connectivity index is 2.08. The number of thioether (sulfide) groups is 1. The number of ketones is 1. The molecular weight excluding hydrogens is 244 g/mol. The molecule has 1 heterocycles. The van der Waals surface area contributed by atoms with Crippen LogP contribution in [0.1, 0.15) is 10.4 Å². The average molecular weight is 257 g/mol. The molecule has 0 radical (unpaired) electrons. The Hall–Kier alpha value is -0.940. The number of Topliss-reactive ketones (excluding diaryl/α,β-unsaturated/α-hetero) is 1. The van der Waals surface area contributed by atoms with E-state index >= 15 is 0 Å². The standard InChI is InChI=1S/C12H13F2NOS/c13-9-2-1-3-10(14)12(9)11(16)8-15-4-6-17-7-5-15/h1-3H,4-8H2. The Morgan fingerprint density at radius 2 is 1.82 bits per heavy atom. The van der Waals surface area contributed by atoms with Crippen molar-refractivity contribution < 1.29 is 13.6 Å². The van der Waals surface area contributed by atoms with Crippen molar-refractivity contribution in [2.75, 3.05) is 31.1 Å². The van der Waals surface area contributed by atoms with E-state index in [0.29, 0.717) is 0 Å². The van der Waals surface area contributed by atoms with Gasteiger partial charge in [0.05, 0.1) is 12.1 Å². The van der Waals surface area contributed by atoms with Gasteiger partial charge in [-0.2, -0.15) is 11.8 Å². The largest absolute Gasteiger partial charge is 0.294 e. The molecule has 0 spiro atoms. The Bertz CT molecular complexity index is 399. The van der Waals surface area contributed by atoms with E-state index in [1.54, 1.807) is 0 Å². The molecule has 1 aliphatic rings. The van der Waals surface area contributed by atoms with Crippen molar-refractivity contribution in [3.05, 3.63) is 35.4 Å². The number of carbonyl (C=O) groups is 1. The van der Waals surface area contributed by atoms with Crippen molar-refractivity contribution in [3.63, 3.8) is 0 Å². The van der Waals surface area contributed by atoms with Gasteiger partial charge < -0.3 is 0 Å². The third kappa shape index (κ3) is 3.04. The molecule has 1 aromatic carbocycles. The first-order chi connectivity index (χ1) is 8.18. The lowest BCUT2D eigenvalue weighted by Gasteiger charge is -2.25. The second-order valence-corrected chi connectivity index (χ2v) is 5.13. The third-order valence-corrected chi connectivity index (χ3v) is 3.66. The lowest BCUT2D eigenvalue weighted by molar-refractivity contribution is 0.0929. The molecule has 1 fully saturated rings. The number of benzene rings is 1. The molecule has 5 heteroatoms. The van der Waals surface area contributed by atoms with Crippen LogP contribution in [0.5, 0.6) is 0 Å². The minimum atomic E-state index is -0.776. The molecule has 1 aliphatic heterocycles. The van der Waals surface area contributed by atoms with E-state index in [0.717, 1.165) is 36.7 Å². The van der Waals surface area contributed by atoms with Crippen LogP contribution in [0.15, 0.2) is 18.2 Å². The van der Waals surface area contributed by atoms with Gasteiger partial charge in [-0.15, -0.1) is 0 Å². The van der Waals surface area contributed by atoms with E-state index in [1.165, 1.54) is 6.07 Å². The number of nitrogens with zero attached hydrogens (tertiary/aromatic N) is 1.